The van der Waals surface area contributed by atoms with Crippen LogP contribution in [0.15, 0.2) is 24.5 Å². The Hall–Kier alpha value is -1.42. The number of rotatable bonds is 2. The zero-order valence-corrected chi connectivity index (χ0v) is 6.64. The van der Waals surface area contributed by atoms with Gasteiger partial charge < -0.3 is 5.73 Å². The van der Waals surface area contributed by atoms with Crippen molar-refractivity contribution in [1.82, 2.24) is 14.6 Å². The Morgan fingerprint density at radius 2 is 2.42 bits per heavy atom. The number of fused-ring (bicyclic) bond motifs is 1. The third-order valence-corrected chi connectivity index (χ3v) is 1.69. The monoisotopic (exact) mass is 162 g/mol. The van der Waals surface area contributed by atoms with Crippen LogP contribution < -0.4 is 5.73 Å². The smallest absolute Gasteiger partial charge is 0.153 e. The largest absolute Gasteiger partial charge is 0.330 e. The summed E-state index contributed by atoms with van der Waals surface area (Å²) in [6.45, 7) is 0.629. The summed E-state index contributed by atoms with van der Waals surface area (Å²) >= 11 is 0. The van der Waals surface area contributed by atoms with Gasteiger partial charge in [-0.2, -0.15) is 5.10 Å². The van der Waals surface area contributed by atoms with Gasteiger partial charge in [0.2, 0.25) is 0 Å². The highest BCUT2D eigenvalue weighted by molar-refractivity contribution is 5.37. The summed E-state index contributed by atoms with van der Waals surface area (Å²) in [7, 11) is 0. The Balaban J connectivity index is 2.47. The van der Waals surface area contributed by atoms with Crippen LogP contribution in [0.3, 0.4) is 0 Å². The fourth-order valence-electron chi connectivity index (χ4n) is 1.15. The molecule has 2 aromatic rings. The standard InChI is InChI=1S/C8H10N4/c9-4-3-7-6-12-8(11-7)2-1-5-10-12/h1-2,5-6H,3-4,9H2. The van der Waals surface area contributed by atoms with Crippen LogP contribution in [0.4, 0.5) is 0 Å². The summed E-state index contributed by atoms with van der Waals surface area (Å²) in [6.07, 6.45) is 4.45. The van der Waals surface area contributed by atoms with E-state index >= 15 is 0 Å². The molecule has 0 amide bonds. The molecule has 0 aliphatic carbocycles. The van der Waals surface area contributed by atoms with E-state index in [2.05, 4.69) is 10.1 Å². The predicted octanol–water partition coefficient (Wildman–Crippen LogP) is 0.230. The lowest BCUT2D eigenvalue weighted by molar-refractivity contribution is 0.914. The summed E-state index contributed by atoms with van der Waals surface area (Å²) in [5.74, 6) is 0. The van der Waals surface area contributed by atoms with Crippen molar-refractivity contribution < 1.29 is 0 Å². The van der Waals surface area contributed by atoms with Crippen molar-refractivity contribution in [3.8, 4) is 0 Å². The van der Waals surface area contributed by atoms with Crippen LogP contribution >= 0.6 is 0 Å². The van der Waals surface area contributed by atoms with Crippen molar-refractivity contribution in [3.05, 3.63) is 30.2 Å². The van der Waals surface area contributed by atoms with Crippen LogP contribution in [0, 0.1) is 0 Å². The Kier molecular flexibility index (Phi) is 1.75. The van der Waals surface area contributed by atoms with Gasteiger partial charge in [0.15, 0.2) is 5.65 Å². The van der Waals surface area contributed by atoms with E-state index in [4.69, 9.17) is 5.73 Å². The van der Waals surface area contributed by atoms with Crippen molar-refractivity contribution in [2.24, 2.45) is 5.73 Å². The second kappa shape index (κ2) is 2.91. The van der Waals surface area contributed by atoms with E-state index in [-0.39, 0.29) is 0 Å². The molecule has 0 saturated carbocycles. The molecule has 0 aromatic carbocycles. The van der Waals surface area contributed by atoms with Gasteiger partial charge in [0.25, 0.3) is 0 Å². The molecule has 0 radical (unpaired) electrons. The highest BCUT2D eigenvalue weighted by atomic mass is 15.2. The molecule has 62 valence electrons. The van der Waals surface area contributed by atoms with Gasteiger partial charge in [-0.25, -0.2) is 9.50 Å². The second-order valence-corrected chi connectivity index (χ2v) is 2.60. The predicted molar refractivity (Wildman–Crippen MR) is 45.7 cm³/mol. The maximum absolute atomic E-state index is 5.41. The molecule has 4 heteroatoms. The highest BCUT2D eigenvalue weighted by Crippen LogP contribution is 2.01. The van der Waals surface area contributed by atoms with E-state index in [0.29, 0.717) is 6.54 Å². The molecular formula is C8H10N4. The zero-order valence-electron chi connectivity index (χ0n) is 6.64. The fraction of sp³-hybridized carbons (Fsp3) is 0.250. The summed E-state index contributed by atoms with van der Waals surface area (Å²) < 4.78 is 1.75. The minimum absolute atomic E-state index is 0.629. The summed E-state index contributed by atoms with van der Waals surface area (Å²) in [5, 5.41) is 4.10. The first-order valence-corrected chi connectivity index (χ1v) is 3.89. The van der Waals surface area contributed by atoms with Crippen LogP contribution in [0.1, 0.15) is 5.69 Å². The number of imidazole rings is 1. The van der Waals surface area contributed by atoms with E-state index in [1.54, 1.807) is 10.7 Å². The Morgan fingerprint density at radius 1 is 1.50 bits per heavy atom. The summed E-state index contributed by atoms with van der Waals surface area (Å²) in [6, 6.07) is 3.79. The zero-order chi connectivity index (χ0) is 8.39. The molecule has 12 heavy (non-hydrogen) atoms. The van der Waals surface area contributed by atoms with E-state index in [1.165, 1.54) is 0 Å². The molecule has 4 nitrogen and oxygen atoms in total. The third kappa shape index (κ3) is 1.16. The molecule has 0 atom stereocenters. The summed E-state index contributed by atoms with van der Waals surface area (Å²) in [4.78, 5) is 4.32. The van der Waals surface area contributed by atoms with E-state index < -0.39 is 0 Å². The number of nitrogens with two attached hydrogens (primary N) is 1. The average Bonchev–Trinajstić information content (AvgIpc) is 2.47. The van der Waals surface area contributed by atoms with Gasteiger partial charge in [-0.1, -0.05) is 0 Å². The molecule has 0 unspecified atom stereocenters. The van der Waals surface area contributed by atoms with Gasteiger partial charge in [0.1, 0.15) is 0 Å². The van der Waals surface area contributed by atoms with Crippen molar-refractivity contribution in [2.75, 3.05) is 6.54 Å². The number of hydrogen-bond acceptors (Lipinski definition) is 3. The van der Waals surface area contributed by atoms with Gasteiger partial charge in [-0.05, 0) is 18.7 Å². The number of aromatic nitrogens is 3. The molecular weight excluding hydrogens is 152 g/mol. The van der Waals surface area contributed by atoms with Crippen LogP contribution in [-0.2, 0) is 6.42 Å². The van der Waals surface area contributed by atoms with Crippen LogP contribution in [0.2, 0.25) is 0 Å². The SMILES string of the molecule is NCCc1cn2ncccc2n1. The molecule has 0 saturated heterocycles. The lowest BCUT2D eigenvalue weighted by Crippen LogP contribution is -2.02. The molecule has 0 spiro atoms. The number of nitrogens with zero attached hydrogens (tertiary/aromatic N) is 3. The van der Waals surface area contributed by atoms with Crippen LogP contribution in [0.5, 0.6) is 0 Å². The Labute approximate surface area is 70.0 Å². The van der Waals surface area contributed by atoms with Gasteiger partial charge in [-0.15, -0.1) is 0 Å². The van der Waals surface area contributed by atoms with E-state index in [0.717, 1.165) is 17.8 Å². The average molecular weight is 162 g/mol. The molecule has 0 aliphatic heterocycles. The summed E-state index contributed by atoms with van der Waals surface area (Å²) in [5.41, 5.74) is 7.29. The number of hydrogen-bond donors (Lipinski definition) is 1. The van der Waals surface area contributed by atoms with Crippen LogP contribution in [0.25, 0.3) is 5.65 Å². The molecule has 0 bridgehead atoms. The topological polar surface area (TPSA) is 56.2 Å². The first-order valence-electron chi connectivity index (χ1n) is 3.89. The lowest BCUT2D eigenvalue weighted by atomic mass is 10.3. The van der Waals surface area contributed by atoms with Crippen molar-refractivity contribution in [1.29, 1.82) is 0 Å². The highest BCUT2D eigenvalue weighted by Gasteiger charge is 1.98. The maximum atomic E-state index is 5.41. The molecule has 2 heterocycles. The Morgan fingerprint density at radius 3 is 3.17 bits per heavy atom. The second-order valence-electron chi connectivity index (χ2n) is 2.60. The van der Waals surface area contributed by atoms with Crippen molar-refractivity contribution in [3.63, 3.8) is 0 Å². The van der Waals surface area contributed by atoms with Crippen molar-refractivity contribution >= 4 is 5.65 Å². The van der Waals surface area contributed by atoms with Gasteiger partial charge in [-0.3, -0.25) is 0 Å². The molecule has 0 fully saturated rings. The van der Waals surface area contributed by atoms with Gasteiger partial charge >= 0.3 is 0 Å². The molecule has 2 rings (SSSR count). The van der Waals surface area contributed by atoms with Crippen LogP contribution in [-0.4, -0.2) is 21.1 Å². The minimum atomic E-state index is 0.629. The molecule has 0 aliphatic rings. The van der Waals surface area contributed by atoms with Crippen molar-refractivity contribution in [2.45, 2.75) is 6.42 Å². The fourth-order valence-corrected chi connectivity index (χ4v) is 1.15. The quantitative estimate of drug-likeness (QED) is 0.687. The normalized spacial score (nSPS) is 10.8. The van der Waals surface area contributed by atoms with E-state index in [9.17, 15) is 0 Å². The molecule has 2 aromatic heterocycles. The lowest BCUT2D eigenvalue weighted by Gasteiger charge is -1.85. The first kappa shape index (κ1) is 7.24. The third-order valence-electron chi connectivity index (χ3n) is 1.69. The molecule has 2 N–H and O–H groups in total. The van der Waals surface area contributed by atoms with Gasteiger partial charge in [0.05, 0.1) is 11.9 Å². The van der Waals surface area contributed by atoms with Gasteiger partial charge in [0, 0.05) is 12.6 Å². The minimum Gasteiger partial charge on any atom is -0.330 e. The Bertz CT molecular complexity index is 346. The van der Waals surface area contributed by atoms with E-state index in [1.807, 2.05) is 18.3 Å². The first-order chi connectivity index (χ1) is 5.90. The maximum Gasteiger partial charge on any atom is 0.153 e.